The molecule has 253 valence electrons. The van der Waals surface area contributed by atoms with E-state index in [0.717, 1.165) is 0 Å². The summed E-state index contributed by atoms with van der Waals surface area (Å²) in [4.78, 5) is 0. The Bertz CT molecular complexity index is 3290. The van der Waals surface area contributed by atoms with Crippen molar-refractivity contribution in [2.24, 2.45) is 0 Å². The van der Waals surface area contributed by atoms with Crippen molar-refractivity contribution in [3.63, 3.8) is 0 Å². The second-order valence-corrected chi connectivity index (χ2v) is 15.0. The topological polar surface area (TPSA) is 0 Å². The third-order valence-corrected chi connectivity index (χ3v) is 12.0. The summed E-state index contributed by atoms with van der Waals surface area (Å²) < 4.78 is 0. The lowest BCUT2D eigenvalue weighted by atomic mass is 9.85. The molecule has 0 spiro atoms. The number of benzene rings is 11. The summed E-state index contributed by atoms with van der Waals surface area (Å²) >= 11 is 0. The molecule has 0 amide bonds. The summed E-state index contributed by atoms with van der Waals surface area (Å²) in [6.07, 6.45) is 2.35. The maximum absolute atomic E-state index is 2.35. The molecule has 0 bridgehead atoms. The van der Waals surface area contributed by atoms with Gasteiger partial charge in [0.1, 0.15) is 0 Å². The van der Waals surface area contributed by atoms with E-state index in [4.69, 9.17) is 0 Å². The Morgan fingerprint density at radius 1 is 0.200 bits per heavy atom. The molecule has 0 fully saturated rings. The summed E-state index contributed by atoms with van der Waals surface area (Å²) in [5.41, 5.74) is 15.3. The SMILES string of the molecule is [CH]1c2c1c1c(-c3ccc(-c4ccc5ccc6c(-c7ccccc7-c7ccc(-c8ccccc8)cc7)ccc7ccc4c5c76)cc3)cccc1c1ccccc21. The van der Waals surface area contributed by atoms with E-state index in [9.17, 15) is 0 Å². The molecule has 1 aliphatic rings. The predicted molar refractivity (Wildman–Crippen MR) is 235 cm³/mol. The molecule has 1 radical (unpaired) electrons. The van der Waals surface area contributed by atoms with Gasteiger partial charge in [-0.1, -0.05) is 194 Å². The van der Waals surface area contributed by atoms with E-state index in [1.807, 2.05) is 0 Å². The van der Waals surface area contributed by atoms with Crippen molar-refractivity contribution in [2.75, 3.05) is 0 Å². The molecule has 12 rings (SSSR count). The largest absolute Gasteiger partial charge is 0.0622 e. The molecular weight excluding hydrogens is 661 g/mol. The van der Waals surface area contributed by atoms with Crippen LogP contribution in [0, 0.1) is 6.42 Å². The zero-order valence-corrected chi connectivity index (χ0v) is 30.1. The van der Waals surface area contributed by atoms with Crippen LogP contribution in [0.5, 0.6) is 0 Å². The first-order valence-corrected chi connectivity index (χ1v) is 19.2. The van der Waals surface area contributed by atoms with Gasteiger partial charge in [0.2, 0.25) is 0 Å². The Kier molecular flexibility index (Phi) is 6.50. The molecule has 11 aromatic carbocycles. The molecular formula is C55H33. The molecule has 1 aliphatic carbocycles. The van der Waals surface area contributed by atoms with Gasteiger partial charge in [-0.3, -0.25) is 0 Å². The molecule has 0 aromatic heterocycles. The minimum atomic E-state index is 1.22. The van der Waals surface area contributed by atoms with Crippen LogP contribution in [0.2, 0.25) is 0 Å². The zero-order valence-electron chi connectivity index (χ0n) is 30.1. The molecule has 11 aromatic rings. The fourth-order valence-electron chi connectivity index (χ4n) is 9.36. The molecule has 0 N–H and O–H groups in total. The second-order valence-electron chi connectivity index (χ2n) is 15.0. The summed E-state index contributed by atoms with van der Waals surface area (Å²) in [6, 6.07) is 71.8. The molecule has 0 heterocycles. The maximum Gasteiger partial charge on any atom is 0.0218 e. The van der Waals surface area contributed by atoms with Crippen LogP contribution < -0.4 is 0 Å². The summed E-state index contributed by atoms with van der Waals surface area (Å²) in [6.45, 7) is 0. The molecule has 0 atom stereocenters. The molecule has 0 heteroatoms. The highest BCUT2D eigenvalue weighted by Crippen LogP contribution is 2.49. The first-order chi connectivity index (χ1) is 27.3. The standard InChI is InChI=1S/C55H33/c1-2-9-34(10-3-1)35-17-19-36(20-18-35)41-11-4-5-12-44(41)47-30-26-40-27-31-49-42(29-25-39-28-32-50(47)54(40)53(39)49)37-21-23-38(24-22-37)43-15-8-16-48-45-13-6-7-14-46(45)51-33-52(51)55(43)48/h1-33H. The predicted octanol–water partition coefficient (Wildman–Crippen LogP) is 15.1. The van der Waals surface area contributed by atoms with E-state index < -0.39 is 0 Å². The Balaban J connectivity index is 0.968. The van der Waals surface area contributed by atoms with Crippen molar-refractivity contribution in [1.29, 1.82) is 0 Å². The smallest absolute Gasteiger partial charge is 0.0218 e. The fourth-order valence-corrected chi connectivity index (χ4v) is 9.36. The van der Waals surface area contributed by atoms with E-state index in [2.05, 4.69) is 201 Å². The Hall–Kier alpha value is -7.02. The van der Waals surface area contributed by atoms with E-state index in [1.54, 1.807) is 0 Å². The van der Waals surface area contributed by atoms with E-state index in [0.29, 0.717) is 0 Å². The quantitative estimate of drug-likeness (QED) is 0.157. The van der Waals surface area contributed by atoms with Gasteiger partial charge in [-0.2, -0.15) is 0 Å². The van der Waals surface area contributed by atoms with Crippen molar-refractivity contribution in [1.82, 2.24) is 0 Å². The molecule has 0 unspecified atom stereocenters. The van der Waals surface area contributed by atoms with Gasteiger partial charge < -0.3 is 0 Å². The van der Waals surface area contributed by atoms with Gasteiger partial charge in [0.15, 0.2) is 0 Å². The number of hydrogen-bond acceptors (Lipinski definition) is 0. The van der Waals surface area contributed by atoms with E-state index in [-0.39, 0.29) is 0 Å². The van der Waals surface area contributed by atoms with Gasteiger partial charge in [-0.05, 0) is 121 Å². The van der Waals surface area contributed by atoms with Crippen molar-refractivity contribution in [2.45, 2.75) is 0 Å². The number of fused-ring (bicyclic) bond motifs is 6. The summed E-state index contributed by atoms with van der Waals surface area (Å²) in [5.74, 6) is 0. The third kappa shape index (κ3) is 4.65. The number of hydrogen-bond donors (Lipinski definition) is 0. The first kappa shape index (κ1) is 30.4. The van der Waals surface area contributed by atoms with Crippen LogP contribution in [0.4, 0.5) is 0 Å². The van der Waals surface area contributed by atoms with Crippen LogP contribution in [-0.4, -0.2) is 0 Å². The minimum Gasteiger partial charge on any atom is -0.0622 e. The highest BCUT2D eigenvalue weighted by molar-refractivity contribution is 6.28. The van der Waals surface area contributed by atoms with Gasteiger partial charge in [-0.25, -0.2) is 0 Å². The van der Waals surface area contributed by atoms with Crippen molar-refractivity contribution in [3.8, 4) is 55.6 Å². The van der Waals surface area contributed by atoms with Crippen LogP contribution in [0.25, 0.3) is 109 Å². The second kappa shape index (κ2) is 11.7. The summed E-state index contributed by atoms with van der Waals surface area (Å²) in [5, 5.41) is 13.2. The maximum atomic E-state index is 2.35. The lowest BCUT2D eigenvalue weighted by molar-refractivity contribution is 1.58. The van der Waals surface area contributed by atoms with Crippen LogP contribution >= 0.6 is 0 Å². The van der Waals surface area contributed by atoms with Crippen molar-refractivity contribution in [3.05, 3.63) is 212 Å². The lowest BCUT2D eigenvalue weighted by Gasteiger charge is -2.18. The fraction of sp³-hybridized carbons (Fsp3) is 0. The highest BCUT2D eigenvalue weighted by atomic mass is 14.3. The average molecular weight is 694 g/mol. The molecule has 0 saturated carbocycles. The van der Waals surface area contributed by atoms with E-state index in [1.165, 1.54) is 121 Å². The molecule has 0 saturated heterocycles. The Morgan fingerprint density at radius 3 is 1.42 bits per heavy atom. The average Bonchev–Trinajstić information content (AvgIpc) is 4.08. The minimum absolute atomic E-state index is 1.22. The van der Waals surface area contributed by atoms with Gasteiger partial charge in [0, 0.05) is 6.42 Å². The van der Waals surface area contributed by atoms with Gasteiger partial charge >= 0.3 is 0 Å². The third-order valence-electron chi connectivity index (χ3n) is 12.0. The molecule has 55 heavy (non-hydrogen) atoms. The van der Waals surface area contributed by atoms with Crippen LogP contribution in [0.1, 0.15) is 11.1 Å². The lowest BCUT2D eigenvalue weighted by Crippen LogP contribution is -1.91. The van der Waals surface area contributed by atoms with Crippen LogP contribution in [-0.2, 0) is 0 Å². The zero-order chi connectivity index (χ0) is 36.0. The summed E-state index contributed by atoms with van der Waals surface area (Å²) in [7, 11) is 0. The Labute approximate surface area is 319 Å². The monoisotopic (exact) mass is 693 g/mol. The first-order valence-electron chi connectivity index (χ1n) is 19.2. The van der Waals surface area contributed by atoms with Gasteiger partial charge in [0.25, 0.3) is 0 Å². The highest BCUT2D eigenvalue weighted by Gasteiger charge is 2.27. The van der Waals surface area contributed by atoms with Crippen LogP contribution in [0.3, 0.4) is 0 Å². The number of rotatable bonds is 5. The normalized spacial score (nSPS) is 12.3. The Morgan fingerprint density at radius 2 is 0.691 bits per heavy atom. The van der Waals surface area contributed by atoms with E-state index >= 15 is 0 Å². The van der Waals surface area contributed by atoms with Gasteiger partial charge in [-0.15, -0.1) is 0 Å². The van der Waals surface area contributed by atoms with Crippen molar-refractivity contribution >= 4 is 53.9 Å². The molecule has 0 aliphatic heterocycles. The van der Waals surface area contributed by atoms with Crippen LogP contribution in [0.15, 0.2) is 194 Å². The molecule has 0 nitrogen and oxygen atoms in total. The van der Waals surface area contributed by atoms with Crippen molar-refractivity contribution < 1.29 is 0 Å². The van der Waals surface area contributed by atoms with Gasteiger partial charge in [0.05, 0.1) is 0 Å².